The second-order valence-corrected chi connectivity index (χ2v) is 4.73. The van der Waals surface area contributed by atoms with Crippen molar-refractivity contribution in [1.29, 1.82) is 0 Å². The van der Waals surface area contributed by atoms with Crippen molar-refractivity contribution in [2.45, 2.75) is 44.8 Å². The van der Waals surface area contributed by atoms with Gasteiger partial charge in [-0.3, -0.25) is 0 Å². The van der Waals surface area contributed by atoms with Gasteiger partial charge in [-0.1, -0.05) is 31.2 Å². The second-order valence-electron chi connectivity index (χ2n) is 4.73. The minimum absolute atomic E-state index is 0.108. The van der Waals surface area contributed by atoms with E-state index < -0.39 is 6.10 Å². The molecule has 2 N–H and O–H groups in total. The first-order valence-electron chi connectivity index (χ1n) is 6.23. The number of likely N-dealkylation sites (N-methyl/N-ethyl adjacent to an activating group) is 1. The van der Waals surface area contributed by atoms with Gasteiger partial charge in [0.1, 0.15) is 0 Å². The Morgan fingerprint density at radius 1 is 1.31 bits per heavy atom. The molecule has 2 heteroatoms. The lowest BCUT2D eigenvalue weighted by Gasteiger charge is -2.20. The van der Waals surface area contributed by atoms with Crippen LogP contribution in [0.1, 0.15) is 49.8 Å². The van der Waals surface area contributed by atoms with Crippen molar-refractivity contribution in [2.75, 3.05) is 6.54 Å². The van der Waals surface area contributed by atoms with Gasteiger partial charge in [0, 0.05) is 6.04 Å². The van der Waals surface area contributed by atoms with Gasteiger partial charge in [-0.15, -0.1) is 0 Å². The third kappa shape index (κ3) is 2.63. The van der Waals surface area contributed by atoms with Crippen LogP contribution in [0.4, 0.5) is 0 Å². The van der Waals surface area contributed by atoms with Crippen molar-refractivity contribution in [1.82, 2.24) is 5.32 Å². The number of hydrogen-bond acceptors (Lipinski definition) is 2. The van der Waals surface area contributed by atoms with Gasteiger partial charge in [-0.05, 0) is 43.4 Å². The van der Waals surface area contributed by atoms with E-state index in [4.69, 9.17) is 0 Å². The van der Waals surface area contributed by atoms with E-state index in [0.717, 1.165) is 18.0 Å². The Kier molecular flexibility index (Phi) is 3.62. The Hall–Kier alpha value is -0.860. The summed E-state index contributed by atoms with van der Waals surface area (Å²) in [7, 11) is 0. The number of benzene rings is 1. The molecular formula is C14H21NO. The van der Waals surface area contributed by atoms with Crippen LogP contribution in [0.15, 0.2) is 24.3 Å². The molecule has 2 nitrogen and oxygen atoms in total. The lowest BCUT2D eigenvalue weighted by Crippen LogP contribution is -2.31. The Morgan fingerprint density at radius 3 is 2.44 bits per heavy atom. The maximum atomic E-state index is 10.1. The van der Waals surface area contributed by atoms with Gasteiger partial charge >= 0.3 is 0 Å². The second kappa shape index (κ2) is 4.98. The quantitative estimate of drug-likeness (QED) is 0.798. The molecule has 1 fully saturated rings. The maximum Gasteiger partial charge on any atom is 0.0940 e. The van der Waals surface area contributed by atoms with Crippen molar-refractivity contribution in [3.63, 3.8) is 0 Å². The first kappa shape index (κ1) is 11.6. The van der Waals surface area contributed by atoms with Crippen LogP contribution in [0.3, 0.4) is 0 Å². The summed E-state index contributed by atoms with van der Waals surface area (Å²) in [4.78, 5) is 0. The smallest absolute Gasteiger partial charge is 0.0940 e. The van der Waals surface area contributed by atoms with Crippen molar-refractivity contribution < 1.29 is 5.11 Å². The topological polar surface area (TPSA) is 32.3 Å². The zero-order valence-corrected chi connectivity index (χ0v) is 10.1. The number of hydrogen-bond donors (Lipinski definition) is 2. The molecule has 0 heterocycles. The standard InChI is InChI=1S/C14H21NO/c1-3-15-10(2)14(16)13-8-6-12(7-9-13)11-4-5-11/h6-11,14-16H,3-5H2,1-2H3. The van der Waals surface area contributed by atoms with E-state index in [2.05, 4.69) is 36.5 Å². The molecule has 0 aliphatic heterocycles. The van der Waals surface area contributed by atoms with Gasteiger partial charge in [0.25, 0.3) is 0 Å². The van der Waals surface area contributed by atoms with Crippen molar-refractivity contribution in [2.24, 2.45) is 0 Å². The first-order chi connectivity index (χ1) is 7.72. The van der Waals surface area contributed by atoms with Gasteiger partial charge in [-0.2, -0.15) is 0 Å². The molecular weight excluding hydrogens is 198 g/mol. The first-order valence-corrected chi connectivity index (χ1v) is 6.23. The zero-order valence-electron chi connectivity index (χ0n) is 10.1. The van der Waals surface area contributed by atoms with E-state index in [1.807, 2.05) is 6.92 Å². The molecule has 16 heavy (non-hydrogen) atoms. The zero-order chi connectivity index (χ0) is 11.5. The number of nitrogens with one attached hydrogen (secondary N) is 1. The monoisotopic (exact) mass is 219 g/mol. The summed E-state index contributed by atoms with van der Waals surface area (Å²) in [6.07, 6.45) is 2.25. The average Bonchev–Trinajstić information content (AvgIpc) is 3.12. The van der Waals surface area contributed by atoms with Crippen LogP contribution in [0, 0.1) is 0 Å². The van der Waals surface area contributed by atoms with Gasteiger partial charge in [-0.25, -0.2) is 0 Å². The highest BCUT2D eigenvalue weighted by Crippen LogP contribution is 2.40. The van der Waals surface area contributed by atoms with Gasteiger partial charge in [0.2, 0.25) is 0 Å². The Bertz CT molecular complexity index is 329. The van der Waals surface area contributed by atoms with Crippen LogP contribution < -0.4 is 5.32 Å². The summed E-state index contributed by atoms with van der Waals surface area (Å²) in [5.74, 6) is 0.789. The summed E-state index contributed by atoms with van der Waals surface area (Å²) in [6, 6.07) is 8.55. The third-order valence-electron chi connectivity index (χ3n) is 3.33. The summed E-state index contributed by atoms with van der Waals surface area (Å²) < 4.78 is 0. The molecule has 0 amide bonds. The predicted octanol–water partition coefficient (Wildman–Crippen LogP) is 2.60. The molecule has 1 aromatic carbocycles. The number of aliphatic hydroxyl groups excluding tert-OH is 1. The molecule has 88 valence electrons. The molecule has 1 aliphatic carbocycles. The fraction of sp³-hybridized carbons (Fsp3) is 0.571. The lowest BCUT2D eigenvalue weighted by atomic mass is 10.0. The summed E-state index contributed by atoms with van der Waals surface area (Å²) in [5, 5.41) is 13.3. The Labute approximate surface area is 97.7 Å². The highest BCUT2D eigenvalue weighted by molar-refractivity contribution is 5.29. The summed E-state index contributed by atoms with van der Waals surface area (Å²) >= 11 is 0. The van der Waals surface area contributed by atoms with Crippen LogP contribution in [0.25, 0.3) is 0 Å². The molecule has 0 saturated heterocycles. The molecule has 0 spiro atoms. The van der Waals surface area contributed by atoms with Crippen molar-refractivity contribution >= 4 is 0 Å². The molecule has 1 saturated carbocycles. The van der Waals surface area contributed by atoms with E-state index in [0.29, 0.717) is 0 Å². The molecule has 2 atom stereocenters. The van der Waals surface area contributed by atoms with E-state index in [-0.39, 0.29) is 6.04 Å². The van der Waals surface area contributed by atoms with Crippen LogP contribution in [-0.2, 0) is 0 Å². The summed E-state index contributed by atoms with van der Waals surface area (Å²) in [5.41, 5.74) is 2.44. The molecule has 1 aromatic rings. The fourth-order valence-corrected chi connectivity index (χ4v) is 2.10. The fourth-order valence-electron chi connectivity index (χ4n) is 2.10. The summed E-state index contributed by atoms with van der Waals surface area (Å²) in [6.45, 7) is 4.96. The normalized spacial score (nSPS) is 19.4. The molecule has 2 unspecified atom stereocenters. The van der Waals surface area contributed by atoms with E-state index >= 15 is 0 Å². The number of aliphatic hydroxyl groups is 1. The Morgan fingerprint density at radius 2 is 1.94 bits per heavy atom. The van der Waals surface area contributed by atoms with Gasteiger partial charge in [0.15, 0.2) is 0 Å². The van der Waals surface area contributed by atoms with E-state index in [1.54, 1.807) is 0 Å². The molecule has 2 rings (SSSR count). The molecule has 0 bridgehead atoms. The lowest BCUT2D eigenvalue weighted by molar-refractivity contribution is 0.137. The molecule has 0 radical (unpaired) electrons. The maximum absolute atomic E-state index is 10.1. The highest BCUT2D eigenvalue weighted by atomic mass is 16.3. The number of rotatable bonds is 5. The van der Waals surface area contributed by atoms with Crippen molar-refractivity contribution in [3.8, 4) is 0 Å². The minimum atomic E-state index is -0.409. The van der Waals surface area contributed by atoms with Gasteiger partial charge < -0.3 is 10.4 Å². The molecule has 1 aliphatic rings. The van der Waals surface area contributed by atoms with Crippen LogP contribution in [0.5, 0.6) is 0 Å². The Balaban J connectivity index is 2.02. The van der Waals surface area contributed by atoms with Crippen LogP contribution >= 0.6 is 0 Å². The van der Waals surface area contributed by atoms with E-state index in [9.17, 15) is 5.11 Å². The van der Waals surface area contributed by atoms with Crippen molar-refractivity contribution in [3.05, 3.63) is 35.4 Å². The predicted molar refractivity (Wildman–Crippen MR) is 66.5 cm³/mol. The SMILES string of the molecule is CCNC(C)C(O)c1ccc(C2CC2)cc1. The van der Waals surface area contributed by atoms with Gasteiger partial charge in [0.05, 0.1) is 6.10 Å². The molecule has 0 aromatic heterocycles. The van der Waals surface area contributed by atoms with E-state index in [1.165, 1.54) is 18.4 Å². The highest BCUT2D eigenvalue weighted by Gasteiger charge is 2.23. The largest absolute Gasteiger partial charge is 0.387 e. The van der Waals surface area contributed by atoms with Crippen LogP contribution in [0.2, 0.25) is 0 Å². The van der Waals surface area contributed by atoms with Crippen LogP contribution in [-0.4, -0.2) is 17.7 Å². The third-order valence-corrected chi connectivity index (χ3v) is 3.33. The minimum Gasteiger partial charge on any atom is -0.387 e. The average molecular weight is 219 g/mol.